The number of benzene rings is 1. The first-order chi connectivity index (χ1) is 15.1. The van der Waals surface area contributed by atoms with Gasteiger partial charge in [-0.1, -0.05) is 66.0 Å². The lowest BCUT2D eigenvalue weighted by molar-refractivity contribution is -0.132. The van der Waals surface area contributed by atoms with Gasteiger partial charge in [0.05, 0.1) is 11.6 Å². The fourth-order valence-corrected chi connectivity index (χ4v) is 3.68. The lowest BCUT2D eigenvalue weighted by Gasteiger charge is -2.30. The van der Waals surface area contributed by atoms with Crippen LogP contribution in [0.4, 0.5) is 0 Å². The predicted molar refractivity (Wildman–Crippen MR) is 126 cm³/mol. The average Bonchev–Trinajstić information content (AvgIpc) is 2.76. The molecule has 1 aromatic carbocycles. The van der Waals surface area contributed by atoms with Crippen LogP contribution in [-0.4, -0.2) is 42.5 Å². The smallest absolute Gasteiger partial charge is 0.255 e. The van der Waals surface area contributed by atoms with Gasteiger partial charge in [-0.25, -0.2) is 0 Å². The molecule has 0 fully saturated rings. The summed E-state index contributed by atoms with van der Waals surface area (Å²) in [7, 11) is 0. The fourth-order valence-electron chi connectivity index (χ4n) is 3.52. The van der Waals surface area contributed by atoms with E-state index in [1.165, 1.54) is 0 Å². The van der Waals surface area contributed by atoms with E-state index in [1.54, 1.807) is 18.2 Å². The molecular weight excluding hydrogens is 430 g/mol. The van der Waals surface area contributed by atoms with Crippen LogP contribution >= 0.6 is 11.6 Å². The van der Waals surface area contributed by atoms with Gasteiger partial charge in [0, 0.05) is 5.02 Å². The molecule has 178 valence electrons. The summed E-state index contributed by atoms with van der Waals surface area (Å²) in [6, 6.07) is 2.96. The normalized spacial score (nSPS) is 24.5. The molecule has 32 heavy (non-hydrogen) atoms. The zero-order valence-corrected chi connectivity index (χ0v) is 20.6. The first kappa shape index (κ1) is 26.0. The predicted octanol–water partition coefficient (Wildman–Crippen LogP) is 3.55. The number of fused-ring (bicyclic) bond motifs is 1. The Hall–Kier alpha value is -2.28. The van der Waals surface area contributed by atoms with E-state index in [4.69, 9.17) is 16.3 Å². The van der Waals surface area contributed by atoms with Crippen molar-refractivity contribution in [2.24, 2.45) is 17.8 Å². The molecule has 0 aliphatic carbocycles. The minimum atomic E-state index is -0.794. The van der Waals surface area contributed by atoms with Gasteiger partial charge in [0.15, 0.2) is 0 Å². The van der Waals surface area contributed by atoms with Crippen molar-refractivity contribution in [3.05, 3.63) is 28.8 Å². The topological polar surface area (TPSA) is 96.5 Å². The van der Waals surface area contributed by atoms with Crippen LogP contribution in [0.15, 0.2) is 18.2 Å². The third-order valence-electron chi connectivity index (χ3n) is 6.31. The molecule has 0 saturated heterocycles. The monoisotopic (exact) mass is 465 g/mol. The molecule has 1 heterocycles. The molecule has 2 rings (SSSR count). The summed E-state index contributed by atoms with van der Waals surface area (Å²) >= 11 is 6.15. The highest BCUT2D eigenvalue weighted by Crippen LogP contribution is 2.25. The third-order valence-corrected chi connectivity index (χ3v) is 6.55. The van der Waals surface area contributed by atoms with Crippen LogP contribution in [0, 0.1) is 17.8 Å². The largest absolute Gasteiger partial charge is 0.491 e. The van der Waals surface area contributed by atoms with E-state index in [1.807, 2.05) is 41.5 Å². The summed E-state index contributed by atoms with van der Waals surface area (Å²) in [5.41, 5.74) is 0.294. The lowest BCUT2D eigenvalue weighted by atomic mass is 9.94. The maximum Gasteiger partial charge on any atom is 0.255 e. The Bertz CT molecular complexity index is 829. The number of ether oxygens (including phenoxy) is 1. The van der Waals surface area contributed by atoms with Crippen LogP contribution in [0.3, 0.4) is 0 Å². The van der Waals surface area contributed by atoms with Crippen molar-refractivity contribution in [3.63, 3.8) is 0 Å². The molecule has 0 aromatic heterocycles. The van der Waals surface area contributed by atoms with Crippen LogP contribution < -0.4 is 20.7 Å². The Kier molecular flexibility index (Phi) is 9.37. The van der Waals surface area contributed by atoms with Crippen molar-refractivity contribution in [3.8, 4) is 5.75 Å². The van der Waals surface area contributed by atoms with Gasteiger partial charge >= 0.3 is 0 Å². The minimum absolute atomic E-state index is 0.0710. The molecule has 3 amide bonds. The fraction of sp³-hybridized carbons (Fsp3) is 0.625. The number of hydrogen-bond acceptors (Lipinski definition) is 4. The molecule has 3 N–H and O–H groups in total. The second kappa shape index (κ2) is 11.5. The number of nitrogens with one attached hydrogen (secondary N) is 3. The van der Waals surface area contributed by atoms with E-state index in [9.17, 15) is 14.4 Å². The number of halogens is 1. The Labute approximate surface area is 196 Å². The second-order valence-corrected chi connectivity index (χ2v) is 9.46. The molecule has 0 radical (unpaired) electrons. The molecule has 0 bridgehead atoms. The molecule has 7 nitrogen and oxygen atoms in total. The highest BCUT2D eigenvalue weighted by Gasteiger charge is 2.34. The Morgan fingerprint density at radius 3 is 2.06 bits per heavy atom. The van der Waals surface area contributed by atoms with Gasteiger partial charge in [0.25, 0.3) is 5.91 Å². The van der Waals surface area contributed by atoms with Crippen molar-refractivity contribution in [2.75, 3.05) is 6.61 Å². The minimum Gasteiger partial charge on any atom is -0.491 e. The molecule has 0 unspecified atom stereocenters. The number of hydrogen-bond donors (Lipinski definition) is 3. The maximum atomic E-state index is 13.3. The number of carbonyl (C=O) groups is 3. The van der Waals surface area contributed by atoms with E-state index >= 15 is 0 Å². The van der Waals surface area contributed by atoms with Gasteiger partial charge in [0.2, 0.25) is 11.8 Å². The van der Waals surface area contributed by atoms with Crippen LogP contribution in [0.1, 0.15) is 64.7 Å². The van der Waals surface area contributed by atoms with Crippen molar-refractivity contribution in [1.82, 2.24) is 16.0 Å². The molecule has 1 aliphatic rings. The van der Waals surface area contributed by atoms with Crippen LogP contribution in [0.5, 0.6) is 5.75 Å². The van der Waals surface area contributed by atoms with E-state index in [-0.39, 0.29) is 42.2 Å². The van der Waals surface area contributed by atoms with Gasteiger partial charge in [-0.2, -0.15) is 0 Å². The van der Waals surface area contributed by atoms with E-state index < -0.39 is 18.0 Å². The molecule has 1 aromatic rings. The Morgan fingerprint density at radius 1 is 0.938 bits per heavy atom. The first-order valence-electron chi connectivity index (χ1n) is 11.4. The van der Waals surface area contributed by atoms with Gasteiger partial charge in [-0.3, -0.25) is 14.4 Å². The van der Waals surface area contributed by atoms with Crippen LogP contribution in [0.25, 0.3) is 0 Å². The number of amides is 3. The summed E-state index contributed by atoms with van der Waals surface area (Å²) in [5.74, 6) is -0.874. The zero-order valence-electron chi connectivity index (χ0n) is 19.8. The Balaban J connectivity index is 2.53. The quantitative estimate of drug-likeness (QED) is 0.619. The summed E-state index contributed by atoms with van der Waals surface area (Å²) in [4.78, 5) is 39.6. The van der Waals surface area contributed by atoms with Crippen LogP contribution in [0.2, 0.25) is 5.02 Å². The van der Waals surface area contributed by atoms with E-state index in [0.717, 1.165) is 0 Å². The zero-order chi connectivity index (χ0) is 24.0. The number of rotatable bonds is 5. The third kappa shape index (κ3) is 6.37. The van der Waals surface area contributed by atoms with Gasteiger partial charge in [-0.15, -0.1) is 0 Å². The Morgan fingerprint density at radius 2 is 1.50 bits per heavy atom. The van der Waals surface area contributed by atoms with E-state index in [2.05, 4.69) is 16.0 Å². The van der Waals surface area contributed by atoms with Crippen molar-refractivity contribution >= 4 is 29.3 Å². The van der Waals surface area contributed by atoms with Crippen molar-refractivity contribution in [2.45, 2.75) is 72.5 Å². The maximum absolute atomic E-state index is 13.3. The van der Waals surface area contributed by atoms with E-state index in [0.29, 0.717) is 29.2 Å². The van der Waals surface area contributed by atoms with Gasteiger partial charge in [0.1, 0.15) is 24.4 Å². The second-order valence-electron chi connectivity index (χ2n) is 9.02. The molecule has 8 heteroatoms. The van der Waals surface area contributed by atoms with Crippen molar-refractivity contribution < 1.29 is 19.1 Å². The first-order valence-corrected chi connectivity index (χ1v) is 11.8. The summed E-state index contributed by atoms with van der Waals surface area (Å²) in [5, 5.41) is 9.23. The van der Waals surface area contributed by atoms with Crippen molar-refractivity contribution in [1.29, 1.82) is 0 Å². The molecule has 0 spiro atoms. The summed E-state index contributed by atoms with van der Waals surface area (Å²) in [6.45, 7) is 11.9. The highest BCUT2D eigenvalue weighted by molar-refractivity contribution is 6.30. The van der Waals surface area contributed by atoms with Gasteiger partial charge in [-0.05, 0) is 36.0 Å². The molecule has 1 aliphatic heterocycles. The number of carbonyl (C=O) groups excluding carboxylic acids is 3. The SMILES string of the molecule is CC[C@H](C)[C@@H]1NC(=O)c2ccc(Cl)cc2OC[C@@H](C(C)C)NC(=O)[C@H]([C@@H](C)CC)NC1=O. The summed E-state index contributed by atoms with van der Waals surface area (Å²) < 4.78 is 5.98. The summed E-state index contributed by atoms with van der Waals surface area (Å²) in [6.07, 6.45) is 1.39. The lowest BCUT2D eigenvalue weighted by Crippen LogP contribution is -2.58. The average molecular weight is 466 g/mol. The molecule has 0 saturated carbocycles. The van der Waals surface area contributed by atoms with Gasteiger partial charge < -0.3 is 20.7 Å². The standard InChI is InChI=1S/C24H36ClN3O4/c1-7-14(5)20-23(30)26-18(13(3)4)12-32-19-11-16(25)9-10-17(19)22(29)27-21(15(6)8-2)24(31)28-20/h9-11,13-15,18,20-21H,7-8,12H2,1-6H3,(H,26,30)(H,27,29)(H,28,31)/t14-,15-,18-,20-,21-/m0/s1. The van der Waals surface area contributed by atoms with Crippen LogP contribution in [-0.2, 0) is 9.59 Å². The molecular formula is C24H36ClN3O4. The molecule has 5 atom stereocenters. The highest BCUT2D eigenvalue weighted by atomic mass is 35.5.